The third kappa shape index (κ3) is 2.72. The van der Waals surface area contributed by atoms with Gasteiger partial charge in [-0.3, -0.25) is 4.79 Å². The molecule has 6 nitrogen and oxygen atoms in total. The maximum atomic E-state index is 12.5. The van der Waals surface area contributed by atoms with Gasteiger partial charge in [0.2, 0.25) is 10.0 Å². The molecular formula is C11H13ClN2O4S. The van der Waals surface area contributed by atoms with Crippen molar-refractivity contribution in [1.29, 1.82) is 0 Å². The summed E-state index contributed by atoms with van der Waals surface area (Å²) in [6.45, 7) is 0.185. The molecular weight excluding hydrogens is 292 g/mol. The highest BCUT2D eigenvalue weighted by atomic mass is 35.5. The summed E-state index contributed by atoms with van der Waals surface area (Å²) in [6, 6.07) is 1.76. The van der Waals surface area contributed by atoms with Crippen molar-refractivity contribution in [3.63, 3.8) is 0 Å². The van der Waals surface area contributed by atoms with Gasteiger partial charge in [-0.15, -0.1) is 0 Å². The van der Waals surface area contributed by atoms with E-state index in [0.717, 1.165) is 4.31 Å². The van der Waals surface area contributed by atoms with E-state index in [0.29, 0.717) is 19.3 Å². The first kappa shape index (κ1) is 14.2. The van der Waals surface area contributed by atoms with Crippen LogP contribution in [0.25, 0.3) is 0 Å². The molecule has 1 aliphatic heterocycles. The van der Waals surface area contributed by atoms with Crippen LogP contribution in [0.4, 0.5) is 0 Å². The van der Waals surface area contributed by atoms with Crippen LogP contribution in [0.5, 0.6) is 0 Å². The van der Waals surface area contributed by atoms with Gasteiger partial charge in [-0.2, -0.15) is 4.31 Å². The number of piperidine rings is 1. The molecule has 1 aromatic rings. The summed E-state index contributed by atoms with van der Waals surface area (Å²) in [6.07, 6.45) is 3.03. The lowest BCUT2D eigenvalue weighted by Gasteiger charge is -2.31. The number of nitrogens with zero attached hydrogens (tertiary/aromatic N) is 2. The van der Waals surface area contributed by atoms with E-state index >= 15 is 0 Å². The number of rotatable bonds is 3. The lowest BCUT2D eigenvalue weighted by Crippen LogP contribution is -2.47. The van der Waals surface area contributed by atoms with Gasteiger partial charge in [0.05, 0.1) is 0 Å². The minimum absolute atomic E-state index is 0.141. The number of pyridine rings is 1. The molecule has 8 heteroatoms. The number of carboxylic acids is 1. The Kier molecular flexibility index (Phi) is 4.07. The first-order chi connectivity index (χ1) is 8.94. The second kappa shape index (κ2) is 5.44. The molecule has 0 amide bonds. The molecule has 0 spiro atoms. The molecule has 2 heterocycles. The summed E-state index contributed by atoms with van der Waals surface area (Å²) < 4.78 is 25.9. The first-order valence-corrected chi connectivity index (χ1v) is 7.61. The number of carboxylic acid groups (broad SMARTS) is 1. The molecule has 0 aromatic carbocycles. The summed E-state index contributed by atoms with van der Waals surface area (Å²) in [5.41, 5.74) is 0. The van der Waals surface area contributed by atoms with Crippen LogP contribution in [-0.2, 0) is 14.8 Å². The van der Waals surface area contributed by atoms with Crippen molar-refractivity contribution >= 4 is 27.6 Å². The molecule has 1 N–H and O–H groups in total. The molecule has 19 heavy (non-hydrogen) atoms. The van der Waals surface area contributed by atoms with Crippen molar-refractivity contribution in [3.05, 3.63) is 23.5 Å². The third-order valence-corrected chi connectivity index (χ3v) is 5.40. The van der Waals surface area contributed by atoms with Gasteiger partial charge in [-0.25, -0.2) is 13.4 Å². The minimum atomic E-state index is -3.93. The van der Waals surface area contributed by atoms with E-state index in [4.69, 9.17) is 16.7 Å². The number of aromatic nitrogens is 1. The van der Waals surface area contributed by atoms with E-state index in [-0.39, 0.29) is 16.6 Å². The van der Waals surface area contributed by atoms with Crippen LogP contribution in [-0.4, -0.2) is 41.4 Å². The van der Waals surface area contributed by atoms with Gasteiger partial charge < -0.3 is 5.11 Å². The molecule has 1 unspecified atom stereocenters. The summed E-state index contributed by atoms with van der Waals surface area (Å²) in [4.78, 5) is 14.7. The summed E-state index contributed by atoms with van der Waals surface area (Å²) in [5.74, 6) is -1.14. The number of hydrogen-bond donors (Lipinski definition) is 1. The Morgan fingerprint density at radius 2 is 2.21 bits per heavy atom. The minimum Gasteiger partial charge on any atom is -0.480 e. The van der Waals surface area contributed by atoms with Gasteiger partial charge in [-0.1, -0.05) is 11.6 Å². The van der Waals surface area contributed by atoms with Crippen LogP contribution in [0.15, 0.2) is 23.2 Å². The van der Waals surface area contributed by atoms with Crippen molar-refractivity contribution in [3.8, 4) is 0 Å². The van der Waals surface area contributed by atoms with Gasteiger partial charge >= 0.3 is 5.97 Å². The van der Waals surface area contributed by atoms with Gasteiger partial charge in [0.1, 0.15) is 16.1 Å². The van der Waals surface area contributed by atoms with Gasteiger partial charge in [0, 0.05) is 12.7 Å². The van der Waals surface area contributed by atoms with E-state index in [1.165, 1.54) is 18.3 Å². The first-order valence-electron chi connectivity index (χ1n) is 5.80. The zero-order chi connectivity index (χ0) is 14.0. The fraction of sp³-hybridized carbons (Fsp3) is 0.455. The van der Waals surface area contributed by atoms with E-state index in [1.54, 1.807) is 0 Å². The van der Waals surface area contributed by atoms with E-state index in [1.807, 2.05) is 0 Å². The second-order valence-electron chi connectivity index (χ2n) is 4.26. The SMILES string of the molecule is O=C(O)C1CCCCN1S(=O)(=O)c1cccnc1Cl. The highest BCUT2D eigenvalue weighted by Crippen LogP contribution is 2.28. The number of halogens is 1. The zero-order valence-corrected chi connectivity index (χ0v) is 11.6. The predicted octanol–water partition coefficient (Wildman–Crippen LogP) is 1.36. The van der Waals surface area contributed by atoms with E-state index in [9.17, 15) is 13.2 Å². The van der Waals surface area contributed by atoms with Crippen molar-refractivity contribution in [2.24, 2.45) is 0 Å². The molecule has 1 atom stereocenters. The predicted molar refractivity (Wildman–Crippen MR) is 68.4 cm³/mol. The number of aliphatic carboxylic acids is 1. The Morgan fingerprint density at radius 3 is 2.84 bits per heavy atom. The zero-order valence-electron chi connectivity index (χ0n) is 9.99. The number of hydrogen-bond acceptors (Lipinski definition) is 4. The average Bonchev–Trinajstić information content (AvgIpc) is 2.39. The summed E-state index contributed by atoms with van der Waals surface area (Å²) >= 11 is 5.79. The Balaban J connectivity index is 2.43. The largest absolute Gasteiger partial charge is 0.480 e. The molecule has 1 saturated heterocycles. The standard InChI is InChI=1S/C11H13ClN2O4S/c12-10-9(5-3-6-13-10)19(17,18)14-7-2-1-4-8(14)11(15)16/h3,5-6,8H,1-2,4,7H2,(H,15,16). The highest BCUT2D eigenvalue weighted by molar-refractivity contribution is 7.89. The molecule has 1 aliphatic rings. The molecule has 1 fully saturated rings. The van der Waals surface area contributed by atoms with Crippen molar-refractivity contribution < 1.29 is 18.3 Å². The molecule has 0 saturated carbocycles. The maximum absolute atomic E-state index is 12.5. The molecule has 0 radical (unpaired) electrons. The van der Waals surface area contributed by atoms with Crippen LogP contribution in [0, 0.1) is 0 Å². The molecule has 2 rings (SSSR count). The van der Waals surface area contributed by atoms with Crippen LogP contribution < -0.4 is 0 Å². The summed E-state index contributed by atoms with van der Waals surface area (Å²) in [5, 5.41) is 8.99. The van der Waals surface area contributed by atoms with E-state index in [2.05, 4.69) is 4.98 Å². The van der Waals surface area contributed by atoms with Gasteiger partial charge in [0.15, 0.2) is 0 Å². The lowest BCUT2D eigenvalue weighted by atomic mass is 10.1. The van der Waals surface area contributed by atoms with Crippen LogP contribution >= 0.6 is 11.6 Å². The van der Waals surface area contributed by atoms with Gasteiger partial charge in [-0.05, 0) is 31.4 Å². The molecule has 0 bridgehead atoms. The van der Waals surface area contributed by atoms with Crippen LogP contribution in [0.1, 0.15) is 19.3 Å². The van der Waals surface area contributed by atoms with Crippen molar-refractivity contribution in [1.82, 2.24) is 9.29 Å². The average molecular weight is 305 g/mol. The van der Waals surface area contributed by atoms with E-state index < -0.39 is 22.0 Å². The number of carbonyl (C=O) groups is 1. The normalized spacial score (nSPS) is 21.2. The molecule has 1 aromatic heterocycles. The monoisotopic (exact) mass is 304 g/mol. The topological polar surface area (TPSA) is 87.6 Å². The highest BCUT2D eigenvalue weighted by Gasteiger charge is 2.38. The molecule has 0 aliphatic carbocycles. The van der Waals surface area contributed by atoms with Crippen molar-refractivity contribution in [2.75, 3.05) is 6.54 Å². The van der Waals surface area contributed by atoms with Crippen molar-refractivity contribution in [2.45, 2.75) is 30.2 Å². The lowest BCUT2D eigenvalue weighted by molar-refractivity contribution is -0.142. The summed E-state index contributed by atoms with van der Waals surface area (Å²) in [7, 11) is -3.93. The van der Waals surface area contributed by atoms with Crippen LogP contribution in [0.3, 0.4) is 0 Å². The fourth-order valence-electron chi connectivity index (χ4n) is 2.13. The van der Waals surface area contributed by atoms with Gasteiger partial charge in [0.25, 0.3) is 0 Å². The Morgan fingerprint density at radius 1 is 1.47 bits per heavy atom. The second-order valence-corrected chi connectivity index (χ2v) is 6.47. The Bertz CT molecular complexity index is 590. The van der Waals surface area contributed by atoms with Crippen LogP contribution in [0.2, 0.25) is 5.15 Å². The Labute approximate surface area is 116 Å². The third-order valence-electron chi connectivity index (χ3n) is 3.05. The fourth-order valence-corrected chi connectivity index (χ4v) is 4.21. The Hall–Kier alpha value is -1.18. The maximum Gasteiger partial charge on any atom is 0.322 e. The molecule has 104 valence electrons. The number of sulfonamides is 1. The smallest absolute Gasteiger partial charge is 0.322 e. The quantitative estimate of drug-likeness (QED) is 0.852.